The van der Waals surface area contributed by atoms with E-state index in [9.17, 15) is 0 Å². The van der Waals surface area contributed by atoms with Crippen LogP contribution in [0.5, 0.6) is 0 Å². The van der Waals surface area contributed by atoms with Crippen LogP contribution < -0.4 is 0 Å². The van der Waals surface area contributed by atoms with Gasteiger partial charge in [-0.05, 0) is 13.3 Å². The Balaban J connectivity index is 0.000000180. The van der Waals surface area contributed by atoms with Crippen LogP contribution in [0.4, 0.5) is 0 Å². The number of hydrogen-bond donors (Lipinski definition) is 0. The predicted octanol–water partition coefficient (Wildman–Crippen LogP) is 3.64. The van der Waals surface area contributed by atoms with Crippen LogP contribution in [0.25, 0.3) is 0 Å². The molecule has 0 aromatic carbocycles. The maximum atomic E-state index is 2.32. The fraction of sp³-hybridized carbons (Fsp3) is 0.556. The zero-order chi connectivity index (χ0) is 7.98. The van der Waals surface area contributed by atoms with E-state index in [-0.39, 0.29) is 17.3 Å². The van der Waals surface area contributed by atoms with Gasteiger partial charge in [0.05, 0.1) is 0 Å². The SMILES string of the molecule is CC1=CC=CC1.[CH3][Pt]([CH3])[CH3]. The zero-order valence-corrected chi connectivity index (χ0v) is 9.53. The molecule has 0 saturated heterocycles. The second-order valence-corrected chi connectivity index (χ2v) is 9.41. The summed E-state index contributed by atoms with van der Waals surface area (Å²) in [7, 11) is 0. The molecule has 0 atom stereocenters. The monoisotopic (exact) mass is 320 g/mol. The van der Waals surface area contributed by atoms with Crippen molar-refractivity contribution < 1.29 is 17.3 Å². The van der Waals surface area contributed by atoms with Crippen molar-refractivity contribution in [2.24, 2.45) is 0 Å². The van der Waals surface area contributed by atoms with E-state index in [1.807, 2.05) is 0 Å². The molecule has 0 amide bonds. The van der Waals surface area contributed by atoms with E-state index in [0.717, 1.165) is 0 Å². The first-order valence-corrected chi connectivity index (χ1v) is 9.98. The molecule has 0 saturated carbocycles. The number of allylic oxidation sites excluding steroid dienone is 4. The van der Waals surface area contributed by atoms with E-state index in [1.54, 1.807) is 0 Å². The van der Waals surface area contributed by atoms with Gasteiger partial charge in [-0.25, -0.2) is 0 Å². The quantitative estimate of drug-likeness (QED) is 0.639. The fourth-order valence-electron chi connectivity index (χ4n) is 0.554. The molecule has 0 N–H and O–H groups in total. The topological polar surface area (TPSA) is 0 Å². The Kier molecular flexibility index (Phi) is 6.02. The molecule has 1 aliphatic carbocycles. The summed E-state index contributed by atoms with van der Waals surface area (Å²) in [5.74, 6) is 0. The summed E-state index contributed by atoms with van der Waals surface area (Å²) in [4.78, 5) is 0. The fourth-order valence-corrected chi connectivity index (χ4v) is 0.554. The zero-order valence-electron chi connectivity index (χ0n) is 7.26. The molecule has 0 aliphatic heterocycles. The molecule has 0 aromatic rings. The third kappa shape index (κ3) is 8.17. The first kappa shape index (κ1) is 10.2. The van der Waals surface area contributed by atoms with Crippen LogP contribution in [0.1, 0.15) is 13.3 Å². The molecule has 0 fully saturated rings. The Morgan fingerprint density at radius 2 is 1.80 bits per heavy atom. The molecule has 1 rings (SSSR count). The van der Waals surface area contributed by atoms with E-state index >= 15 is 0 Å². The van der Waals surface area contributed by atoms with Crippen molar-refractivity contribution in [2.75, 3.05) is 0 Å². The standard InChI is InChI=1S/C6H8.3CH3.Pt/c1-6-4-2-3-5-6;;;;/h2-4H,5H2,1H3;3*1H3;. The summed E-state index contributed by atoms with van der Waals surface area (Å²) >= 11 is -0.269. The minimum absolute atomic E-state index is 0.269. The van der Waals surface area contributed by atoms with Crippen molar-refractivity contribution in [3.8, 4) is 0 Å². The Morgan fingerprint density at radius 3 is 1.90 bits per heavy atom. The number of hydrogen-bond acceptors (Lipinski definition) is 0. The maximum absolute atomic E-state index is 2.32. The van der Waals surface area contributed by atoms with Gasteiger partial charge in [0, 0.05) is 0 Å². The Morgan fingerprint density at radius 1 is 1.30 bits per heavy atom. The molecule has 0 unspecified atom stereocenters. The van der Waals surface area contributed by atoms with Gasteiger partial charge >= 0.3 is 33.3 Å². The van der Waals surface area contributed by atoms with Crippen molar-refractivity contribution in [2.45, 2.75) is 29.3 Å². The number of rotatable bonds is 0. The molecule has 63 valence electrons. The molecule has 0 heterocycles. The van der Waals surface area contributed by atoms with E-state index in [2.05, 4.69) is 41.1 Å². The van der Waals surface area contributed by atoms with Crippen LogP contribution in [0.2, 0.25) is 15.9 Å². The van der Waals surface area contributed by atoms with Crippen LogP contribution in [0.15, 0.2) is 23.8 Å². The Hall–Kier alpha value is 0.168. The molecule has 0 spiro atoms. The summed E-state index contributed by atoms with van der Waals surface area (Å²) in [6.07, 6.45) is 7.56. The van der Waals surface area contributed by atoms with E-state index in [1.165, 1.54) is 12.0 Å². The molecule has 0 nitrogen and oxygen atoms in total. The van der Waals surface area contributed by atoms with Crippen LogP contribution in [-0.4, -0.2) is 0 Å². The normalized spacial score (nSPS) is 15.6. The second-order valence-electron chi connectivity index (χ2n) is 2.59. The Labute approximate surface area is 70.6 Å². The molecular formula is C9H17Pt. The van der Waals surface area contributed by atoms with Crippen molar-refractivity contribution in [3.05, 3.63) is 23.8 Å². The summed E-state index contributed by atoms with van der Waals surface area (Å²) in [6.45, 7) is 2.14. The van der Waals surface area contributed by atoms with Crippen LogP contribution in [-0.2, 0) is 17.3 Å². The molecule has 10 heavy (non-hydrogen) atoms. The van der Waals surface area contributed by atoms with Gasteiger partial charge in [0.2, 0.25) is 0 Å². The summed E-state index contributed by atoms with van der Waals surface area (Å²) in [5, 5.41) is 6.97. The van der Waals surface area contributed by atoms with Crippen molar-refractivity contribution >= 4 is 0 Å². The third-order valence-corrected chi connectivity index (χ3v) is 0.957. The summed E-state index contributed by atoms with van der Waals surface area (Å²) < 4.78 is 0. The van der Waals surface area contributed by atoms with Crippen molar-refractivity contribution in [1.29, 1.82) is 0 Å². The van der Waals surface area contributed by atoms with Gasteiger partial charge in [0.1, 0.15) is 0 Å². The summed E-state index contributed by atoms with van der Waals surface area (Å²) in [6, 6.07) is 0. The van der Waals surface area contributed by atoms with Gasteiger partial charge in [-0.15, -0.1) is 0 Å². The van der Waals surface area contributed by atoms with E-state index in [4.69, 9.17) is 0 Å². The van der Waals surface area contributed by atoms with E-state index < -0.39 is 0 Å². The van der Waals surface area contributed by atoms with Crippen LogP contribution in [0, 0.1) is 0 Å². The van der Waals surface area contributed by atoms with Gasteiger partial charge < -0.3 is 0 Å². The van der Waals surface area contributed by atoms with E-state index in [0.29, 0.717) is 0 Å². The van der Waals surface area contributed by atoms with Gasteiger partial charge in [0.15, 0.2) is 0 Å². The van der Waals surface area contributed by atoms with Crippen molar-refractivity contribution in [1.82, 2.24) is 0 Å². The van der Waals surface area contributed by atoms with Crippen molar-refractivity contribution in [3.63, 3.8) is 0 Å². The molecule has 0 radical (unpaired) electrons. The summed E-state index contributed by atoms with van der Waals surface area (Å²) in [5.41, 5.74) is 1.47. The van der Waals surface area contributed by atoms with Gasteiger partial charge in [-0.3, -0.25) is 0 Å². The molecule has 1 heteroatoms. The predicted molar refractivity (Wildman–Crippen MR) is 45.1 cm³/mol. The van der Waals surface area contributed by atoms with Gasteiger partial charge in [-0.2, -0.15) is 0 Å². The molecule has 0 bridgehead atoms. The van der Waals surface area contributed by atoms with Crippen LogP contribution >= 0.6 is 0 Å². The third-order valence-electron chi connectivity index (χ3n) is 0.957. The molecular weight excluding hydrogens is 303 g/mol. The Bertz CT molecular complexity index is 129. The van der Waals surface area contributed by atoms with Gasteiger partial charge in [-0.1, -0.05) is 23.8 Å². The van der Waals surface area contributed by atoms with Gasteiger partial charge in [0.25, 0.3) is 0 Å². The second kappa shape index (κ2) is 5.92. The first-order valence-electron chi connectivity index (χ1n) is 3.17. The molecule has 1 aliphatic rings. The average molecular weight is 320 g/mol. The molecule has 0 aromatic heterocycles. The average Bonchev–Trinajstić information content (AvgIpc) is 2.15. The first-order chi connectivity index (χ1) is 4.63. The minimum atomic E-state index is -0.269. The van der Waals surface area contributed by atoms with Crippen LogP contribution in [0.3, 0.4) is 0 Å².